The number of carbonyl (C=O) groups is 2. The van der Waals surface area contributed by atoms with E-state index >= 15 is 0 Å². The fourth-order valence-electron chi connectivity index (χ4n) is 2.54. The van der Waals surface area contributed by atoms with E-state index in [-0.39, 0.29) is 17.7 Å². The molecule has 108 valence electrons. The summed E-state index contributed by atoms with van der Waals surface area (Å²) in [5, 5.41) is 2.89. The van der Waals surface area contributed by atoms with E-state index in [1.165, 1.54) is 6.92 Å². The second-order valence-electron chi connectivity index (χ2n) is 5.04. The Morgan fingerprint density at radius 3 is 2.85 bits per heavy atom. The van der Waals surface area contributed by atoms with Gasteiger partial charge in [-0.05, 0) is 18.6 Å². The molecule has 1 fully saturated rings. The number of rotatable bonds is 5. The van der Waals surface area contributed by atoms with Crippen LogP contribution in [0.25, 0.3) is 0 Å². The number of benzene rings is 1. The maximum atomic E-state index is 12.3. The number of likely N-dealkylation sites (tertiary alicyclic amines) is 1. The van der Waals surface area contributed by atoms with Crippen LogP contribution in [0.4, 0.5) is 0 Å². The summed E-state index contributed by atoms with van der Waals surface area (Å²) in [5.41, 5.74) is 0.609. The van der Waals surface area contributed by atoms with E-state index in [9.17, 15) is 9.59 Å². The zero-order valence-electron chi connectivity index (χ0n) is 11.9. The van der Waals surface area contributed by atoms with Gasteiger partial charge in [-0.15, -0.1) is 0 Å². The first kappa shape index (κ1) is 14.5. The molecule has 1 saturated heterocycles. The number of ketones is 1. The highest BCUT2D eigenvalue weighted by molar-refractivity contribution is 6.00. The molecule has 2 rings (SSSR count). The first-order valence-corrected chi connectivity index (χ1v) is 6.76. The summed E-state index contributed by atoms with van der Waals surface area (Å²) in [6.07, 6.45) is 0.888. The molecule has 1 atom stereocenters. The lowest BCUT2D eigenvalue weighted by Crippen LogP contribution is -2.36. The van der Waals surface area contributed by atoms with Crippen LogP contribution in [-0.4, -0.2) is 49.4 Å². The number of carbonyl (C=O) groups excluding carboxylic acids is 2. The third-order valence-corrected chi connectivity index (χ3v) is 3.45. The predicted molar refractivity (Wildman–Crippen MR) is 76.0 cm³/mol. The maximum absolute atomic E-state index is 12.3. The first-order valence-electron chi connectivity index (χ1n) is 6.76. The van der Waals surface area contributed by atoms with Gasteiger partial charge < -0.3 is 10.1 Å². The highest BCUT2D eigenvalue weighted by Gasteiger charge is 2.25. The number of amides is 1. The van der Waals surface area contributed by atoms with E-state index in [2.05, 4.69) is 10.2 Å². The Kier molecular flexibility index (Phi) is 4.74. The highest BCUT2D eigenvalue weighted by Crippen LogP contribution is 2.19. The number of hydrogen-bond donors (Lipinski definition) is 1. The van der Waals surface area contributed by atoms with Crippen molar-refractivity contribution in [3.8, 4) is 5.75 Å². The molecule has 1 aliphatic heterocycles. The third-order valence-electron chi connectivity index (χ3n) is 3.45. The SMILES string of the molecule is COc1ccccc1C(=O)CN1CCC(NC(C)=O)C1. The van der Waals surface area contributed by atoms with Gasteiger partial charge in [-0.2, -0.15) is 0 Å². The van der Waals surface area contributed by atoms with E-state index < -0.39 is 0 Å². The minimum absolute atomic E-state index is 0.0205. The Morgan fingerprint density at radius 2 is 2.15 bits per heavy atom. The van der Waals surface area contributed by atoms with Crippen LogP contribution in [0.5, 0.6) is 5.75 Å². The number of para-hydroxylation sites is 1. The molecular formula is C15H20N2O3. The van der Waals surface area contributed by atoms with E-state index in [4.69, 9.17) is 4.74 Å². The van der Waals surface area contributed by atoms with Gasteiger partial charge >= 0.3 is 0 Å². The van der Waals surface area contributed by atoms with E-state index in [1.54, 1.807) is 19.2 Å². The lowest BCUT2D eigenvalue weighted by molar-refractivity contribution is -0.119. The summed E-state index contributed by atoms with van der Waals surface area (Å²) >= 11 is 0. The van der Waals surface area contributed by atoms with Crippen LogP contribution in [0, 0.1) is 0 Å². The molecule has 1 aromatic carbocycles. The molecule has 1 N–H and O–H groups in total. The zero-order valence-corrected chi connectivity index (χ0v) is 11.9. The van der Waals surface area contributed by atoms with Crippen LogP contribution in [0.1, 0.15) is 23.7 Å². The Balaban J connectivity index is 1.94. The molecule has 0 bridgehead atoms. The van der Waals surface area contributed by atoms with Crippen LogP contribution >= 0.6 is 0 Å². The number of methoxy groups -OCH3 is 1. The monoisotopic (exact) mass is 276 g/mol. The number of hydrogen-bond acceptors (Lipinski definition) is 4. The van der Waals surface area contributed by atoms with Crippen molar-refractivity contribution >= 4 is 11.7 Å². The molecule has 0 radical (unpaired) electrons. The van der Waals surface area contributed by atoms with Crippen molar-refractivity contribution < 1.29 is 14.3 Å². The molecule has 0 aromatic heterocycles. The average Bonchev–Trinajstić information content (AvgIpc) is 2.85. The lowest BCUT2D eigenvalue weighted by Gasteiger charge is -2.16. The quantitative estimate of drug-likeness (QED) is 0.818. The molecule has 1 aromatic rings. The molecule has 1 aliphatic rings. The van der Waals surface area contributed by atoms with Crippen LogP contribution in [0.2, 0.25) is 0 Å². The largest absolute Gasteiger partial charge is 0.496 e. The molecule has 5 nitrogen and oxygen atoms in total. The number of Topliss-reactive ketones (excluding diaryl/α,β-unsaturated/α-hetero) is 1. The number of nitrogens with zero attached hydrogens (tertiary/aromatic N) is 1. The molecule has 0 saturated carbocycles. The predicted octanol–water partition coefficient (Wildman–Crippen LogP) is 1.09. The Bertz CT molecular complexity index is 502. The molecule has 0 aliphatic carbocycles. The van der Waals surface area contributed by atoms with Crippen molar-refractivity contribution in [2.45, 2.75) is 19.4 Å². The highest BCUT2D eigenvalue weighted by atomic mass is 16.5. The van der Waals surface area contributed by atoms with Crippen molar-refractivity contribution in [2.75, 3.05) is 26.7 Å². The molecule has 1 amide bonds. The molecule has 1 unspecified atom stereocenters. The van der Waals surface area contributed by atoms with Gasteiger partial charge in [0.15, 0.2) is 5.78 Å². The van der Waals surface area contributed by atoms with Gasteiger partial charge in [-0.3, -0.25) is 14.5 Å². The van der Waals surface area contributed by atoms with Gasteiger partial charge in [0.2, 0.25) is 5.91 Å². The van der Waals surface area contributed by atoms with Crippen molar-refractivity contribution in [1.82, 2.24) is 10.2 Å². The fourth-order valence-corrected chi connectivity index (χ4v) is 2.54. The summed E-state index contributed by atoms with van der Waals surface area (Å²) < 4.78 is 5.21. The second-order valence-corrected chi connectivity index (χ2v) is 5.04. The summed E-state index contributed by atoms with van der Waals surface area (Å²) in [6, 6.07) is 7.40. The van der Waals surface area contributed by atoms with E-state index in [0.29, 0.717) is 17.9 Å². The van der Waals surface area contributed by atoms with Crippen molar-refractivity contribution in [3.05, 3.63) is 29.8 Å². The van der Waals surface area contributed by atoms with Crippen molar-refractivity contribution in [3.63, 3.8) is 0 Å². The van der Waals surface area contributed by atoms with Crippen LogP contribution in [-0.2, 0) is 4.79 Å². The van der Waals surface area contributed by atoms with Gasteiger partial charge in [0, 0.05) is 26.1 Å². The number of nitrogens with one attached hydrogen (secondary N) is 1. The molecule has 5 heteroatoms. The lowest BCUT2D eigenvalue weighted by atomic mass is 10.1. The fraction of sp³-hybridized carbons (Fsp3) is 0.467. The van der Waals surface area contributed by atoms with Gasteiger partial charge in [0.25, 0.3) is 0 Å². The van der Waals surface area contributed by atoms with Crippen molar-refractivity contribution in [1.29, 1.82) is 0 Å². The summed E-state index contributed by atoms with van der Waals surface area (Å²) in [6.45, 7) is 3.42. The topological polar surface area (TPSA) is 58.6 Å². The summed E-state index contributed by atoms with van der Waals surface area (Å²) in [7, 11) is 1.56. The van der Waals surface area contributed by atoms with Crippen molar-refractivity contribution in [2.24, 2.45) is 0 Å². The van der Waals surface area contributed by atoms with Crippen LogP contribution in [0.15, 0.2) is 24.3 Å². The standard InChI is InChI=1S/C15H20N2O3/c1-11(18)16-12-7-8-17(9-12)10-14(19)13-5-3-4-6-15(13)20-2/h3-6,12H,7-10H2,1-2H3,(H,16,18). The minimum Gasteiger partial charge on any atom is -0.496 e. The van der Waals surface area contributed by atoms with E-state index in [1.807, 2.05) is 12.1 Å². The normalized spacial score (nSPS) is 18.8. The van der Waals surface area contributed by atoms with Gasteiger partial charge in [0.05, 0.1) is 19.2 Å². The molecule has 0 spiro atoms. The second kappa shape index (κ2) is 6.52. The number of ether oxygens (including phenoxy) is 1. The molecule has 20 heavy (non-hydrogen) atoms. The summed E-state index contributed by atoms with van der Waals surface area (Å²) in [5.74, 6) is 0.633. The smallest absolute Gasteiger partial charge is 0.217 e. The first-order chi connectivity index (χ1) is 9.60. The molecule has 1 heterocycles. The maximum Gasteiger partial charge on any atom is 0.217 e. The minimum atomic E-state index is -0.0205. The third kappa shape index (κ3) is 3.57. The Hall–Kier alpha value is -1.88. The van der Waals surface area contributed by atoms with Gasteiger partial charge in [-0.25, -0.2) is 0 Å². The van der Waals surface area contributed by atoms with Gasteiger partial charge in [-0.1, -0.05) is 12.1 Å². The van der Waals surface area contributed by atoms with Gasteiger partial charge in [0.1, 0.15) is 5.75 Å². The Labute approximate surface area is 118 Å². The summed E-state index contributed by atoms with van der Waals surface area (Å²) in [4.78, 5) is 25.4. The Morgan fingerprint density at radius 1 is 1.40 bits per heavy atom. The van der Waals surface area contributed by atoms with E-state index in [0.717, 1.165) is 19.5 Å². The zero-order chi connectivity index (χ0) is 14.5. The molecular weight excluding hydrogens is 256 g/mol. The van der Waals surface area contributed by atoms with Crippen LogP contribution < -0.4 is 10.1 Å². The van der Waals surface area contributed by atoms with Crippen LogP contribution in [0.3, 0.4) is 0 Å². The average molecular weight is 276 g/mol.